The highest BCUT2D eigenvalue weighted by Crippen LogP contribution is 2.48. The van der Waals surface area contributed by atoms with Crippen LogP contribution < -0.4 is 10.5 Å². The van der Waals surface area contributed by atoms with Gasteiger partial charge in [-0.1, -0.05) is 61.5 Å². The molecular weight excluding hydrogens is 350 g/mol. The molecule has 138 valence electrons. The van der Waals surface area contributed by atoms with Crippen molar-refractivity contribution < 1.29 is 4.74 Å². The minimum absolute atomic E-state index is 0.154. The van der Waals surface area contributed by atoms with Crippen LogP contribution in [0.1, 0.15) is 35.4 Å². The molecule has 0 radical (unpaired) electrons. The molecule has 6 nitrogen and oxygen atoms in total. The first-order valence-electron chi connectivity index (χ1n) is 9.28. The van der Waals surface area contributed by atoms with Gasteiger partial charge < -0.3 is 10.5 Å². The first-order chi connectivity index (χ1) is 13.8. The number of aromatic nitrogens is 4. The summed E-state index contributed by atoms with van der Waals surface area (Å²) in [7, 11) is 0. The van der Waals surface area contributed by atoms with Crippen molar-refractivity contribution in [2.45, 2.75) is 19.3 Å². The number of hydrogen-bond donors (Lipinski definition) is 2. The van der Waals surface area contributed by atoms with Gasteiger partial charge in [-0.3, -0.25) is 0 Å². The van der Waals surface area contributed by atoms with Gasteiger partial charge in [0.05, 0.1) is 5.57 Å². The Labute approximate surface area is 162 Å². The third-order valence-electron chi connectivity index (χ3n) is 5.30. The number of tetrazole rings is 1. The quantitative estimate of drug-likeness (QED) is 0.574. The van der Waals surface area contributed by atoms with Crippen LogP contribution in [0.15, 0.2) is 66.5 Å². The monoisotopic (exact) mass is 369 g/mol. The van der Waals surface area contributed by atoms with Crippen molar-refractivity contribution in [3.05, 3.63) is 89.1 Å². The molecule has 1 aromatic heterocycles. The van der Waals surface area contributed by atoms with Crippen LogP contribution in [-0.2, 0) is 6.42 Å². The molecule has 0 fully saturated rings. The van der Waals surface area contributed by atoms with E-state index in [4.69, 9.17) is 10.5 Å². The minimum atomic E-state index is -0.154. The summed E-state index contributed by atoms with van der Waals surface area (Å²) >= 11 is 0. The predicted octanol–water partition coefficient (Wildman–Crippen LogP) is 3.77. The van der Waals surface area contributed by atoms with Crippen LogP contribution in [-0.4, -0.2) is 20.6 Å². The van der Waals surface area contributed by atoms with Crippen LogP contribution in [0.2, 0.25) is 0 Å². The summed E-state index contributed by atoms with van der Waals surface area (Å²) in [5.41, 5.74) is 10.5. The molecule has 1 aliphatic heterocycles. The fourth-order valence-electron chi connectivity index (χ4n) is 3.92. The van der Waals surface area contributed by atoms with Gasteiger partial charge in [0, 0.05) is 11.5 Å². The molecule has 0 spiro atoms. The molecule has 1 unspecified atom stereocenters. The van der Waals surface area contributed by atoms with Crippen LogP contribution in [0.25, 0.3) is 16.3 Å². The number of aryl methyl sites for hydroxylation is 1. The molecule has 1 aliphatic rings. The summed E-state index contributed by atoms with van der Waals surface area (Å²) in [5, 5.41) is 16.9. The van der Waals surface area contributed by atoms with E-state index in [-0.39, 0.29) is 5.92 Å². The molecule has 1 atom stereocenters. The first-order valence-corrected chi connectivity index (χ1v) is 9.28. The van der Waals surface area contributed by atoms with E-state index in [1.807, 2.05) is 18.2 Å². The van der Waals surface area contributed by atoms with E-state index in [2.05, 4.69) is 70.0 Å². The van der Waals surface area contributed by atoms with E-state index in [1.165, 1.54) is 5.56 Å². The van der Waals surface area contributed by atoms with Gasteiger partial charge >= 0.3 is 0 Å². The maximum Gasteiger partial charge on any atom is 0.206 e. The number of H-pyrrole nitrogens is 1. The molecular formula is C22H19N5O. The van der Waals surface area contributed by atoms with Crippen molar-refractivity contribution in [3.63, 3.8) is 0 Å². The van der Waals surface area contributed by atoms with Gasteiger partial charge in [-0.2, -0.15) is 5.21 Å². The Bertz CT molecular complexity index is 1180. The SMILES string of the molecule is CCc1ccc(C2C(c3nn[nH]n3)=C(N)Oc3ccc4ccccc4c32)cc1. The molecule has 6 heteroatoms. The van der Waals surface area contributed by atoms with Gasteiger partial charge in [-0.25, -0.2) is 0 Å². The molecule has 0 aliphatic carbocycles. The summed E-state index contributed by atoms with van der Waals surface area (Å²) in [6.07, 6.45) is 0.989. The topological polar surface area (TPSA) is 89.7 Å². The molecule has 3 N–H and O–H groups in total. The van der Waals surface area contributed by atoms with E-state index in [0.717, 1.165) is 39.6 Å². The standard InChI is InChI=1S/C22H19N5O/c1-2-13-7-9-15(10-8-13)18-19-16-6-4-3-5-14(16)11-12-17(19)28-21(23)20(18)22-24-26-27-25-22/h3-12,18H,2,23H2,1H3,(H,24,25,26,27). The number of aromatic amines is 1. The summed E-state index contributed by atoms with van der Waals surface area (Å²) in [4.78, 5) is 0. The number of nitrogens with zero attached hydrogens (tertiary/aromatic N) is 3. The normalized spacial score (nSPS) is 16.1. The van der Waals surface area contributed by atoms with Gasteiger partial charge in [-0.05, 0) is 39.6 Å². The van der Waals surface area contributed by atoms with Gasteiger partial charge in [0.1, 0.15) is 5.75 Å². The molecule has 3 aromatic carbocycles. The smallest absolute Gasteiger partial charge is 0.206 e. The number of ether oxygens (including phenoxy) is 1. The number of fused-ring (bicyclic) bond motifs is 3. The highest BCUT2D eigenvalue weighted by atomic mass is 16.5. The Balaban J connectivity index is 1.81. The Kier molecular flexibility index (Phi) is 3.83. The number of benzene rings is 3. The third kappa shape index (κ3) is 2.53. The number of allylic oxidation sites excluding steroid dienone is 1. The van der Waals surface area contributed by atoms with Crippen LogP contribution in [0, 0.1) is 0 Å². The van der Waals surface area contributed by atoms with Crippen LogP contribution in [0.3, 0.4) is 0 Å². The Hall–Kier alpha value is -3.67. The highest BCUT2D eigenvalue weighted by molar-refractivity contribution is 5.93. The maximum absolute atomic E-state index is 6.35. The largest absolute Gasteiger partial charge is 0.441 e. The van der Waals surface area contributed by atoms with E-state index >= 15 is 0 Å². The summed E-state index contributed by atoms with van der Waals surface area (Å²) in [6, 6.07) is 20.9. The summed E-state index contributed by atoms with van der Waals surface area (Å²) < 4.78 is 6.01. The van der Waals surface area contributed by atoms with Crippen molar-refractivity contribution >= 4 is 16.3 Å². The van der Waals surface area contributed by atoms with Crippen molar-refractivity contribution in [3.8, 4) is 5.75 Å². The molecule has 5 rings (SSSR count). The molecule has 0 saturated heterocycles. The maximum atomic E-state index is 6.35. The average molecular weight is 369 g/mol. The van der Waals surface area contributed by atoms with E-state index in [0.29, 0.717) is 11.7 Å². The lowest BCUT2D eigenvalue weighted by Crippen LogP contribution is -2.22. The van der Waals surface area contributed by atoms with Crippen molar-refractivity contribution in [1.82, 2.24) is 20.6 Å². The Morgan fingerprint density at radius 1 is 1.04 bits per heavy atom. The molecule has 0 bridgehead atoms. The van der Waals surface area contributed by atoms with E-state index < -0.39 is 0 Å². The average Bonchev–Trinajstić information content (AvgIpc) is 3.27. The third-order valence-corrected chi connectivity index (χ3v) is 5.30. The summed E-state index contributed by atoms with van der Waals surface area (Å²) in [6.45, 7) is 2.15. The van der Waals surface area contributed by atoms with Crippen LogP contribution >= 0.6 is 0 Å². The first kappa shape index (κ1) is 16.5. The number of rotatable bonds is 3. The molecule has 4 aromatic rings. The number of hydrogen-bond acceptors (Lipinski definition) is 5. The predicted molar refractivity (Wildman–Crippen MR) is 108 cm³/mol. The zero-order valence-corrected chi connectivity index (χ0v) is 15.4. The lowest BCUT2D eigenvalue weighted by molar-refractivity contribution is 0.405. The van der Waals surface area contributed by atoms with Crippen LogP contribution in [0.5, 0.6) is 5.75 Å². The van der Waals surface area contributed by atoms with Gasteiger partial charge in [-0.15, -0.1) is 10.2 Å². The van der Waals surface area contributed by atoms with Gasteiger partial charge in [0.2, 0.25) is 5.82 Å². The second kappa shape index (κ2) is 6.49. The van der Waals surface area contributed by atoms with Crippen molar-refractivity contribution in [1.29, 1.82) is 0 Å². The zero-order chi connectivity index (χ0) is 19.1. The van der Waals surface area contributed by atoms with E-state index in [1.54, 1.807) is 0 Å². The van der Waals surface area contributed by atoms with Gasteiger partial charge in [0.25, 0.3) is 0 Å². The zero-order valence-electron chi connectivity index (χ0n) is 15.4. The molecule has 2 heterocycles. The van der Waals surface area contributed by atoms with Crippen LogP contribution in [0.4, 0.5) is 0 Å². The van der Waals surface area contributed by atoms with Crippen molar-refractivity contribution in [2.24, 2.45) is 5.73 Å². The van der Waals surface area contributed by atoms with E-state index in [9.17, 15) is 0 Å². The number of nitrogens with two attached hydrogens (primary N) is 1. The highest BCUT2D eigenvalue weighted by Gasteiger charge is 2.34. The molecule has 0 saturated carbocycles. The molecule has 0 amide bonds. The number of nitrogens with one attached hydrogen (secondary N) is 1. The fourth-order valence-corrected chi connectivity index (χ4v) is 3.92. The van der Waals surface area contributed by atoms with Gasteiger partial charge in [0.15, 0.2) is 5.88 Å². The minimum Gasteiger partial charge on any atom is -0.441 e. The summed E-state index contributed by atoms with van der Waals surface area (Å²) in [5.74, 6) is 1.35. The second-order valence-corrected chi connectivity index (χ2v) is 6.84. The van der Waals surface area contributed by atoms with Crippen molar-refractivity contribution in [2.75, 3.05) is 0 Å². The lowest BCUT2D eigenvalue weighted by Gasteiger charge is -2.29. The fraction of sp³-hybridized carbons (Fsp3) is 0.136. The Morgan fingerprint density at radius 3 is 2.61 bits per heavy atom. The lowest BCUT2D eigenvalue weighted by atomic mass is 9.80. The molecule has 28 heavy (non-hydrogen) atoms. The Morgan fingerprint density at radius 2 is 1.86 bits per heavy atom. The second-order valence-electron chi connectivity index (χ2n) is 6.84.